The Bertz CT molecular complexity index is 437. The first-order valence-electron chi connectivity index (χ1n) is 6.38. The molecular formula is C14H17F3N2O. The molecule has 0 heterocycles. The molecule has 6 heteroatoms. The maximum absolute atomic E-state index is 11.9. The van der Waals surface area contributed by atoms with Crippen LogP contribution in [0.25, 0.3) is 0 Å². The molecule has 0 spiro atoms. The highest BCUT2D eigenvalue weighted by Gasteiger charge is 2.25. The summed E-state index contributed by atoms with van der Waals surface area (Å²) in [6, 6.07) is 8.53. The van der Waals surface area contributed by atoms with Gasteiger partial charge in [0.05, 0.1) is 17.7 Å². The van der Waals surface area contributed by atoms with Crippen molar-refractivity contribution in [3.05, 3.63) is 35.4 Å². The summed E-state index contributed by atoms with van der Waals surface area (Å²) in [7, 11) is 0. The highest BCUT2D eigenvalue weighted by atomic mass is 19.4. The Labute approximate surface area is 116 Å². The van der Waals surface area contributed by atoms with Gasteiger partial charge < -0.3 is 10.4 Å². The number of rotatable bonds is 7. The maximum Gasteiger partial charge on any atom is 0.389 e. The van der Waals surface area contributed by atoms with Crippen molar-refractivity contribution in [2.75, 3.05) is 13.1 Å². The summed E-state index contributed by atoms with van der Waals surface area (Å²) in [4.78, 5) is 0. The molecule has 1 rings (SSSR count). The number of nitriles is 1. The summed E-state index contributed by atoms with van der Waals surface area (Å²) in [5.74, 6) is 0. The summed E-state index contributed by atoms with van der Waals surface area (Å²) < 4.78 is 35.7. The second kappa shape index (κ2) is 7.88. The van der Waals surface area contributed by atoms with Gasteiger partial charge in [0.1, 0.15) is 0 Å². The second-order valence-electron chi connectivity index (χ2n) is 4.53. The molecular weight excluding hydrogens is 269 g/mol. The fourth-order valence-corrected chi connectivity index (χ4v) is 1.71. The Kier molecular flexibility index (Phi) is 6.49. The van der Waals surface area contributed by atoms with Gasteiger partial charge in [-0.05, 0) is 37.1 Å². The molecule has 3 nitrogen and oxygen atoms in total. The topological polar surface area (TPSA) is 56.0 Å². The third-order valence-electron chi connectivity index (χ3n) is 2.83. The highest BCUT2D eigenvalue weighted by molar-refractivity contribution is 5.32. The van der Waals surface area contributed by atoms with Crippen LogP contribution in [0, 0.1) is 11.3 Å². The normalized spacial score (nSPS) is 12.9. The molecule has 1 aromatic carbocycles. The molecule has 0 saturated carbocycles. The number of aliphatic hydroxyl groups excluding tert-OH is 1. The van der Waals surface area contributed by atoms with Crippen molar-refractivity contribution < 1.29 is 18.3 Å². The van der Waals surface area contributed by atoms with Crippen LogP contribution in [0.3, 0.4) is 0 Å². The minimum Gasteiger partial charge on any atom is -0.387 e. The van der Waals surface area contributed by atoms with Crippen molar-refractivity contribution >= 4 is 0 Å². The number of hydrogen-bond acceptors (Lipinski definition) is 3. The van der Waals surface area contributed by atoms with E-state index >= 15 is 0 Å². The standard InChI is InChI=1S/C14H17F3N2O/c15-14(16,17)7-1-2-8-19-10-13(20)12-5-3-11(9-18)4-6-12/h3-6,13,19-20H,1-2,7-8,10H2. The van der Waals surface area contributed by atoms with Crippen LogP contribution in [-0.2, 0) is 0 Å². The fourth-order valence-electron chi connectivity index (χ4n) is 1.71. The average Bonchev–Trinajstić information content (AvgIpc) is 2.41. The van der Waals surface area contributed by atoms with Crippen LogP contribution in [0.2, 0.25) is 0 Å². The van der Waals surface area contributed by atoms with Gasteiger partial charge >= 0.3 is 6.18 Å². The summed E-state index contributed by atoms with van der Waals surface area (Å²) in [6.07, 6.45) is -5.09. The van der Waals surface area contributed by atoms with Gasteiger partial charge in [0, 0.05) is 13.0 Å². The van der Waals surface area contributed by atoms with Crippen LogP contribution in [0.1, 0.15) is 36.5 Å². The van der Waals surface area contributed by atoms with Crippen molar-refractivity contribution in [1.82, 2.24) is 5.32 Å². The Morgan fingerprint density at radius 2 is 1.85 bits per heavy atom. The summed E-state index contributed by atoms with van der Waals surface area (Å²) in [5.41, 5.74) is 1.19. The zero-order valence-corrected chi connectivity index (χ0v) is 11.0. The number of aliphatic hydroxyl groups is 1. The van der Waals surface area contributed by atoms with Gasteiger partial charge in [-0.3, -0.25) is 0 Å². The van der Waals surface area contributed by atoms with Gasteiger partial charge in [0.2, 0.25) is 0 Å². The van der Waals surface area contributed by atoms with Crippen LogP contribution >= 0.6 is 0 Å². The maximum atomic E-state index is 11.9. The van der Waals surface area contributed by atoms with Gasteiger partial charge in [0.25, 0.3) is 0 Å². The first-order valence-corrected chi connectivity index (χ1v) is 6.38. The van der Waals surface area contributed by atoms with Gasteiger partial charge in [-0.2, -0.15) is 18.4 Å². The molecule has 0 aromatic heterocycles. The van der Waals surface area contributed by atoms with E-state index in [1.54, 1.807) is 24.3 Å². The molecule has 0 aliphatic carbocycles. The van der Waals surface area contributed by atoms with Gasteiger partial charge in [-0.25, -0.2) is 0 Å². The predicted molar refractivity (Wildman–Crippen MR) is 68.9 cm³/mol. The molecule has 0 aliphatic rings. The monoisotopic (exact) mass is 286 g/mol. The van der Waals surface area contributed by atoms with E-state index in [1.165, 1.54) is 0 Å². The Hall–Kier alpha value is -1.58. The molecule has 0 aliphatic heterocycles. The number of nitrogens with one attached hydrogen (secondary N) is 1. The van der Waals surface area contributed by atoms with Gasteiger partial charge in [0.15, 0.2) is 0 Å². The summed E-state index contributed by atoms with van der Waals surface area (Å²) in [5, 5.41) is 21.4. The lowest BCUT2D eigenvalue weighted by Crippen LogP contribution is -2.22. The molecule has 0 radical (unpaired) electrons. The molecule has 0 fully saturated rings. The van der Waals surface area contributed by atoms with Crippen LogP contribution in [0.5, 0.6) is 0 Å². The quantitative estimate of drug-likeness (QED) is 0.758. The largest absolute Gasteiger partial charge is 0.389 e. The lowest BCUT2D eigenvalue weighted by atomic mass is 10.1. The number of hydrogen-bond donors (Lipinski definition) is 2. The first kappa shape index (κ1) is 16.5. The van der Waals surface area contributed by atoms with Crippen molar-refractivity contribution in [2.45, 2.75) is 31.5 Å². The van der Waals surface area contributed by atoms with E-state index in [4.69, 9.17) is 5.26 Å². The van der Waals surface area contributed by atoms with E-state index in [0.29, 0.717) is 24.1 Å². The number of benzene rings is 1. The molecule has 0 amide bonds. The van der Waals surface area contributed by atoms with Crippen LogP contribution < -0.4 is 5.32 Å². The zero-order valence-electron chi connectivity index (χ0n) is 11.0. The first-order chi connectivity index (χ1) is 9.42. The van der Waals surface area contributed by atoms with Crippen molar-refractivity contribution in [2.24, 2.45) is 0 Å². The van der Waals surface area contributed by atoms with E-state index in [1.807, 2.05) is 6.07 Å². The lowest BCUT2D eigenvalue weighted by molar-refractivity contribution is -0.135. The number of nitrogens with zero attached hydrogens (tertiary/aromatic N) is 1. The van der Waals surface area contributed by atoms with Crippen molar-refractivity contribution in [1.29, 1.82) is 5.26 Å². The molecule has 0 bridgehead atoms. The van der Waals surface area contributed by atoms with Crippen LogP contribution in [0.4, 0.5) is 13.2 Å². The molecule has 1 unspecified atom stereocenters. The summed E-state index contributed by atoms with van der Waals surface area (Å²) >= 11 is 0. The molecule has 0 saturated heterocycles. The van der Waals surface area contributed by atoms with E-state index in [-0.39, 0.29) is 13.0 Å². The van der Waals surface area contributed by atoms with Crippen molar-refractivity contribution in [3.63, 3.8) is 0 Å². The lowest BCUT2D eigenvalue weighted by Gasteiger charge is -2.12. The van der Waals surface area contributed by atoms with Crippen LogP contribution in [-0.4, -0.2) is 24.4 Å². The fraction of sp³-hybridized carbons (Fsp3) is 0.500. The Morgan fingerprint density at radius 3 is 2.40 bits per heavy atom. The number of halogens is 3. The third-order valence-corrected chi connectivity index (χ3v) is 2.83. The van der Waals surface area contributed by atoms with E-state index in [2.05, 4.69) is 5.32 Å². The molecule has 1 aromatic rings. The van der Waals surface area contributed by atoms with Crippen LogP contribution in [0.15, 0.2) is 24.3 Å². The predicted octanol–water partition coefficient (Wildman–Crippen LogP) is 2.91. The minimum atomic E-state index is -4.10. The van der Waals surface area contributed by atoms with Crippen molar-refractivity contribution in [3.8, 4) is 6.07 Å². The minimum absolute atomic E-state index is 0.0868. The Balaban J connectivity index is 2.20. The SMILES string of the molecule is N#Cc1ccc(C(O)CNCCCCC(F)(F)F)cc1. The highest BCUT2D eigenvalue weighted by Crippen LogP contribution is 2.21. The van der Waals surface area contributed by atoms with E-state index in [0.717, 1.165) is 0 Å². The van der Waals surface area contributed by atoms with E-state index in [9.17, 15) is 18.3 Å². The molecule has 2 N–H and O–H groups in total. The van der Waals surface area contributed by atoms with Gasteiger partial charge in [-0.15, -0.1) is 0 Å². The van der Waals surface area contributed by atoms with E-state index < -0.39 is 18.7 Å². The zero-order chi connectivity index (χ0) is 15.0. The Morgan fingerprint density at radius 1 is 1.20 bits per heavy atom. The molecule has 1 atom stereocenters. The number of alkyl halides is 3. The number of unbranched alkanes of at least 4 members (excludes halogenated alkanes) is 1. The average molecular weight is 286 g/mol. The smallest absolute Gasteiger partial charge is 0.387 e. The molecule has 20 heavy (non-hydrogen) atoms. The second-order valence-corrected chi connectivity index (χ2v) is 4.53. The summed E-state index contributed by atoms with van der Waals surface area (Å²) in [6.45, 7) is 0.710. The third kappa shape index (κ3) is 6.55. The molecule has 110 valence electrons. The van der Waals surface area contributed by atoms with Gasteiger partial charge in [-0.1, -0.05) is 12.1 Å².